The van der Waals surface area contributed by atoms with E-state index in [9.17, 15) is 9.59 Å². The van der Waals surface area contributed by atoms with Gasteiger partial charge in [0.1, 0.15) is 5.56 Å². The molecule has 2 aromatic rings. The summed E-state index contributed by atoms with van der Waals surface area (Å²) in [5, 5.41) is 0. The van der Waals surface area contributed by atoms with E-state index in [-0.39, 0.29) is 23.1 Å². The van der Waals surface area contributed by atoms with Gasteiger partial charge in [-0.2, -0.15) is 0 Å². The second kappa shape index (κ2) is 8.63. The SMILES string of the molecule is Cn1cccc(C(=O)N(C/C=C/c2ccccc2)C[C@H]2CCCO2)c1=O. The van der Waals surface area contributed by atoms with E-state index in [1.54, 1.807) is 30.3 Å². The molecule has 1 aliphatic rings. The van der Waals surface area contributed by atoms with Gasteiger partial charge in [-0.1, -0.05) is 42.5 Å². The van der Waals surface area contributed by atoms with Crippen molar-refractivity contribution in [3.05, 3.63) is 76.2 Å². The zero-order valence-corrected chi connectivity index (χ0v) is 15.0. The summed E-state index contributed by atoms with van der Waals surface area (Å²) < 4.78 is 7.11. The highest BCUT2D eigenvalue weighted by molar-refractivity contribution is 5.94. The first kappa shape index (κ1) is 18.1. The molecule has 1 aromatic carbocycles. The van der Waals surface area contributed by atoms with Crippen LogP contribution >= 0.6 is 0 Å². The van der Waals surface area contributed by atoms with Crippen molar-refractivity contribution in [2.75, 3.05) is 19.7 Å². The molecule has 1 atom stereocenters. The molecular formula is C21H24N2O3. The second-order valence-corrected chi connectivity index (χ2v) is 6.50. The molecule has 136 valence electrons. The van der Waals surface area contributed by atoms with Gasteiger partial charge < -0.3 is 14.2 Å². The van der Waals surface area contributed by atoms with Gasteiger partial charge in [0, 0.05) is 32.9 Å². The number of nitrogens with zero attached hydrogens (tertiary/aromatic N) is 2. The third kappa shape index (κ3) is 4.49. The van der Waals surface area contributed by atoms with Gasteiger partial charge in [0.05, 0.1) is 6.10 Å². The van der Waals surface area contributed by atoms with E-state index >= 15 is 0 Å². The average Bonchev–Trinajstić information content (AvgIpc) is 3.17. The van der Waals surface area contributed by atoms with Crippen LogP contribution in [0.3, 0.4) is 0 Å². The molecule has 1 saturated heterocycles. The summed E-state index contributed by atoms with van der Waals surface area (Å²) >= 11 is 0. The molecule has 1 aromatic heterocycles. The molecule has 26 heavy (non-hydrogen) atoms. The Kier molecular flexibility index (Phi) is 6.02. The van der Waals surface area contributed by atoms with Crippen molar-refractivity contribution in [1.82, 2.24) is 9.47 Å². The lowest BCUT2D eigenvalue weighted by Gasteiger charge is -2.24. The lowest BCUT2D eigenvalue weighted by molar-refractivity contribution is 0.0552. The molecule has 2 heterocycles. The molecule has 0 saturated carbocycles. The van der Waals surface area contributed by atoms with Gasteiger partial charge in [0.15, 0.2) is 0 Å². The highest BCUT2D eigenvalue weighted by atomic mass is 16.5. The van der Waals surface area contributed by atoms with Crippen LogP contribution in [0.5, 0.6) is 0 Å². The van der Waals surface area contributed by atoms with Gasteiger partial charge in [-0.3, -0.25) is 9.59 Å². The number of hydrogen-bond donors (Lipinski definition) is 0. The predicted octanol–water partition coefficient (Wildman–Crippen LogP) is 2.72. The Labute approximate surface area is 153 Å². The maximum absolute atomic E-state index is 13.0. The summed E-state index contributed by atoms with van der Waals surface area (Å²) in [5.41, 5.74) is 0.996. The quantitative estimate of drug-likeness (QED) is 0.803. The van der Waals surface area contributed by atoms with Crippen molar-refractivity contribution in [3.8, 4) is 0 Å². The number of hydrogen-bond acceptors (Lipinski definition) is 3. The summed E-state index contributed by atoms with van der Waals surface area (Å²) in [4.78, 5) is 27.0. The van der Waals surface area contributed by atoms with Crippen LogP contribution in [0.1, 0.15) is 28.8 Å². The van der Waals surface area contributed by atoms with E-state index in [1.807, 2.05) is 42.5 Å². The highest BCUT2D eigenvalue weighted by Gasteiger charge is 2.24. The number of carbonyl (C=O) groups is 1. The molecule has 1 fully saturated rings. The molecule has 3 rings (SSSR count). The molecule has 1 aliphatic heterocycles. The summed E-state index contributed by atoms with van der Waals surface area (Å²) in [5.74, 6) is -0.251. The predicted molar refractivity (Wildman–Crippen MR) is 102 cm³/mol. The molecule has 0 spiro atoms. The van der Waals surface area contributed by atoms with Crippen LogP contribution in [0, 0.1) is 0 Å². The minimum Gasteiger partial charge on any atom is -0.376 e. The zero-order valence-electron chi connectivity index (χ0n) is 15.0. The topological polar surface area (TPSA) is 51.5 Å². The minimum absolute atomic E-state index is 0.0386. The number of amides is 1. The van der Waals surface area contributed by atoms with Crippen LogP contribution in [-0.4, -0.2) is 41.2 Å². The van der Waals surface area contributed by atoms with Crippen molar-refractivity contribution in [2.24, 2.45) is 7.05 Å². The van der Waals surface area contributed by atoms with Crippen molar-refractivity contribution in [2.45, 2.75) is 18.9 Å². The zero-order chi connectivity index (χ0) is 18.4. The molecule has 5 heteroatoms. The molecule has 0 bridgehead atoms. The van der Waals surface area contributed by atoms with Crippen LogP contribution in [0.2, 0.25) is 0 Å². The number of carbonyl (C=O) groups excluding carboxylic acids is 1. The van der Waals surface area contributed by atoms with Crippen LogP contribution in [-0.2, 0) is 11.8 Å². The van der Waals surface area contributed by atoms with Gasteiger partial charge >= 0.3 is 0 Å². The van der Waals surface area contributed by atoms with E-state index < -0.39 is 0 Å². The van der Waals surface area contributed by atoms with Gasteiger partial charge in [-0.05, 0) is 30.5 Å². The molecule has 1 amide bonds. The van der Waals surface area contributed by atoms with Crippen molar-refractivity contribution in [3.63, 3.8) is 0 Å². The Balaban J connectivity index is 1.78. The number of ether oxygens (including phenoxy) is 1. The molecule has 0 radical (unpaired) electrons. The van der Waals surface area contributed by atoms with E-state index in [1.165, 1.54) is 4.57 Å². The monoisotopic (exact) mass is 352 g/mol. The first-order valence-electron chi connectivity index (χ1n) is 8.93. The molecule has 0 N–H and O–H groups in total. The number of aromatic nitrogens is 1. The van der Waals surface area contributed by atoms with Crippen LogP contribution < -0.4 is 5.56 Å². The lowest BCUT2D eigenvalue weighted by Crippen LogP contribution is -2.40. The van der Waals surface area contributed by atoms with Gasteiger partial charge in [-0.25, -0.2) is 0 Å². The van der Waals surface area contributed by atoms with Gasteiger partial charge in [0.25, 0.3) is 11.5 Å². The standard InChI is InChI=1S/C21H24N2O3/c1-22-13-6-12-19(20(22)24)21(25)23(16-18-11-7-15-26-18)14-5-10-17-8-3-2-4-9-17/h2-6,8-10,12-13,18H,7,11,14-16H2,1H3/b10-5+/t18-/m1/s1. The fourth-order valence-electron chi connectivity index (χ4n) is 3.09. The fourth-order valence-corrected chi connectivity index (χ4v) is 3.09. The van der Waals surface area contributed by atoms with Crippen LogP contribution in [0.25, 0.3) is 6.08 Å². The Morgan fingerprint density at radius 3 is 2.81 bits per heavy atom. The van der Waals surface area contributed by atoms with E-state index in [4.69, 9.17) is 4.74 Å². The maximum atomic E-state index is 13.0. The van der Waals surface area contributed by atoms with E-state index in [2.05, 4.69) is 0 Å². The Bertz CT molecular complexity index is 821. The largest absolute Gasteiger partial charge is 0.376 e. The average molecular weight is 352 g/mol. The minimum atomic E-state index is -0.276. The van der Waals surface area contributed by atoms with Crippen LogP contribution in [0.15, 0.2) is 59.5 Å². The van der Waals surface area contributed by atoms with E-state index in [0.717, 1.165) is 25.0 Å². The summed E-state index contributed by atoms with van der Waals surface area (Å²) in [6.45, 7) is 1.67. The first-order chi connectivity index (χ1) is 12.6. The Morgan fingerprint density at radius 1 is 1.27 bits per heavy atom. The number of pyridine rings is 1. The lowest BCUT2D eigenvalue weighted by atomic mass is 10.1. The molecule has 0 unspecified atom stereocenters. The van der Waals surface area contributed by atoms with Crippen LogP contribution in [0.4, 0.5) is 0 Å². The summed E-state index contributed by atoms with van der Waals surface area (Å²) in [7, 11) is 1.65. The third-order valence-corrected chi connectivity index (χ3v) is 4.52. The molecular weight excluding hydrogens is 328 g/mol. The third-order valence-electron chi connectivity index (χ3n) is 4.52. The van der Waals surface area contributed by atoms with Crippen molar-refractivity contribution >= 4 is 12.0 Å². The van der Waals surface area contributed by atoms with Crippen molar-refractivity contribution < 1.29 is 9.53 Å². The first-order valence-corrected chi connectivity index (χ1v) is 8.93. The number of aryl methyl sites for hydroxylation is 1. The summed E-state index contributed by atoms with van der Waals surface area (Å²) in [6, 6.07) is 13.2. The van der Waals surface area contributed by atoms with Gasteiger partial charge in [0.2, 0.25) is 0 Å². The Morgan fingerprint density at radius 2 is 2.08 bits per heavy atom. The second-order valence-electron chi connectivity index (χ2n) is 6.50. The van der Waals surface area contributed by atoms with E-state index in [0.29, 0.717) is 13.1 Å². The normalized spacial score (nSPS) is 16.9. The molecule has 5 nitrogen and oxygen atoms in total. The number of rotatable bonds is 6. The van der Waals surface area contributed by atoms with Crippen molar-refractivity contribution in [1.29, 1.82) is 0 Å². The maximum Gasteiger partial charge on any atom is 0.263 e. The fraction of sp³-hybridized carbons (Fsp3) is 0.333. The highest BCUT2D eigenvalue weighted by Crippen LogP contribution is 2.15. The number of benzene rings is 1. The van der Waals surface area contributed by atoms with Gasteiger partial charge in [-0.15, -0.1) is 0 Å². The summed E-state index contributed by atoms with van der Waals surface area (Å²) in [6.07, 6.45) is 7.59. The Hall–Kier alpha value is -2.66. The molecule has 0 aliphatic carbocycles. The smallest absolute Gasteiger partial charge is 0.263 e.